The Bertz CT molecular complexity index is 1170. The molecule has 0 aromatic heterocycles. The van der Waals surface area contributed by atoms with Crippen LogP contribution in [-0.4, -0.2) is 142 Å². The van der Waals surface area contributed by atoms with Crippen LogP contribution in [0.1, 0.15) is 104 Å². The van der Waals surface area contributed by atoms with Gasteiger partial charge in [-0.3, -0.25) is 4.79 Å². The van der Waals surface area contributed by atoms with Crippen LogP contribution in [0.15, 0.2) is 60.8 Å². The molecule has 0 aliphatic carbocycles. The molecule has 0 radical (unpaired) electrons. The highest BCUT2D eigenvalue weighted by Crippen LogP contribution is 2.26. The maximum atomic E-state index is 12.6. The lowest BCUT2D eigenvalue weighted by atomic mass is 9.98. The Balaban J connectivity index is 1.72. The van der Waals surface area contributed by atoms with Crippen molar-refractivity contribution in [3.05, 3.63) is 60.8 Å². The Morgan fingerprint density at radius 3 is 1.74 bits per heavy atom. The Kier molecular flexibility index (Phi) is 28.2. The second-order valence-corrected chi connectivity index (χ2v) is 14.4. The van der Waals surface area contributed by atoms with Gasteiger partial charge < -0.3 is 64.2 Å². The molecular weight excluding hydrogens is 740 g/mol. The lowest BCUT2D eigenvalue weighted by molar-refractivity contribution is -0.332. The summed E-state index contributed by atoms with van der Waals surface area (Å²) in [5.41, 5.74) is 0. The van der Waals surface area contributed by atoms with E-state index in [1.807, 2.05) is 6.92 Å². The van der Waals surface area contributed by atoms with E-state index in [0.29, 0.717) is 13.0 Å². The van der Waals surface area contributed by atoms with Gasteiger partial charge in [0.1, 0.15) is 54.9 Å². The van der Waals surface area contributed by atoms with E-state index in [-0.39, 0.29) is 19.6 Å². The smallest absolute Gasteiger partial charge is 0.306 e. The number of esters is 1. The molecule has 2 fully saturated rings. The van der Waals surface area contributed by atoms with E-state index < -0.39 is 86.7 Å². The minimum atomic E-state index is -1.71. The average molecular weight is 813 g/mol. The fourth-order valence-electron chi connectivity index (χ4n) is 6.07. The third-order valence-electron chi connectivity index (χ3n) is 9.54. The van der Waals surface area contributed by atoms with Crippen molar-refractivity contribution in [2.24, 2.45) is 0 Å². The van der Waals surface area contributed by atoms with Gasteiger partial charge in [-0.05, 0) is 57.8 Å². The number of aliphatic hydroxyl groups is 7. The summed E-state index contributed by atoms with van der Waals surface area (Å²) in [5, 5.41) is 71.4. The van der Waals surface area contributed by atoms with E-state index in [4.69, 9.17) is 28.4 Å². The summed E-state index contributed by atoms with van der Waals surface area (Å²) in [5.74, 6) is -0.415. The van der Waals surface area contributed by atoms with Crippen molar-refractivity contribution in [3.63, 3.8) is 0 Å². The van der Waals surface area contributed by atoms with Crippen molar-refractivity contribution < 1.29 is 69.0 Å². The van der Waals surface area contributed by atoms with Crippen molar-refractivity contribution in [1.29, 1.82) is 0 Å². The molecule has 57 heavy (non-hydrogen) atoms. The minimum Gasteiger partial charge on any atom is -0.457 e. The summed E-state index contributed by atoms with van der Waals surface area (Å²) in [6.07, 6.45) is 18.3. The zero-order chi connectivity index (χ0) is 41.7. The zero-order valence-electron chi connectivity index (χ0n) is 34.0. The molecular formula is C43H72O14. The van der Waals surface area contributed by atoms with Crippen LogP contribution in [0.5, 0.6) is 0 Å². The SMILES string of the molecule is CC/C=C\C/C=C\C/C=C\C/C=C\C/C=C\CCCCCCOCC(COC1OC(COC2OC(CO)C(O)C(O)C2O)C(O)C(O)C1O)OC(=O)CCCCC. The summed E-state index contributed by atoms with van der Waals surface area (Å²) in [4.78, 5) is 12.6. The van der Waals surface area contributed by atoms with Gasteiger partial charge >= 0.3 is 5.97 Å². The van der Waals surface area contributed by atoms with Crippen LogP contribution in [0.4, 0.5) is 0 Å². The number of hydrogen-bond donors (Lipinski definition) is 7. The first kappa shape index (κ1) is 50.8. The summed E-state index contributed by atoms with van der Waals surface area (Å²) >= 11 is 0. The van der Waals surface area contributed by atoms with E-state index in [1.165, 1.54) is 0 Å². The lowest BCUT2D eigenvalue weighted by Gasteiger charge is -2.42. The molecule has 328 valence electrons. The first-order valence-electron chi connectivity index (χ1n) is 20.9. The molecule has 0 amide bonds. The number of allylic oxidation sites excluding steroid dienone is 10. The first-order valence-corrected chi connectivity index (χ1v) is 20.9. The highest BCUT2D eigenvalue weighted by molar-refractivity contribution is 5.69. The highest BCUT2D eigenvalue weighted by Gasteiger charge is 2.47. The molecule has 0 saturated carbocycles. The molecule has 11 atom stereocenters. The van der Waals surface area contributed by atoms with E-state index in [9.17, 15) is 40.5 Å². The summed E-state index contributed by atoms with van der Waals surface area (Å²) in [6, 6.07) is 0. The fourth-order valence-corrected chi connectivity index (χ4v) is 6.07. The summed E-state index contributed by atoms with van der Waals surface area (Å²) < 4.78 is 33.7. The predicted molar refractivity (Wildman–Crippen MR) is 215 cm³/mol. The van der Waals surface area contributed by atoms with Gasteiger partial charge in [0.2, 0.25) is 0 Å². The average Bonchev–Trinajstić information content (AvgIpc) is 3.20. The molecule has 2 rings (SSSR count). The number of hydrogen-bond acceptors (Lipinski definition) is 14. The summed E-state index contributed by atoms with van der Waals surface area (Å²) in [7, 11) is 0. The third-order valence-corrected chi connectivity index (χ3v) is 9.54. The molecule has 2 aliphatic rings. The van der Waals surface area contributed by atoms with Crippen molar-refractivity contribution in [1.82, 2.24) is 0 Å². The Hall–Kier alpha value is -2.31. The molecule has 14 heteroatoms. The molecule has 7 N–H and O–H groups in total. The molecule has 2 aliphatic heterocycles. The zero-order valence-corrected chi connectivity index (χ0v) is 34.0. The minimum absolute atomic E-state index is 0.0389. The molecule has 11 unspecified atom stereocenters. The molecule has 14 nitrogen and oxygen atoms in total. The normalized spacial score (nSPS) is 29.1. The highest BCUT2D eigenvalue weighted by atomic mass is 16.7. The van der Waals surface area contributed by atoms with E-state index in [1.54, 1.807) is 0 Å². The van der Waals surface area contributed by atoms with Crippen LogP contribution in [0.2, 0.25) is 0 Å². The number of carbonyl (C=O) groups excluding carboxylic acids is 1. The Morgan fingerprint density at radius 2 is 1.14 bits per heavy atom. The number of unbranched alkanes of at least 4 members (excludes halogenated alkanes) is 6. The third kappa shape index (κ3) is 21.0. The van der Waals surface area contributed by atoms with Crippen LogP contribution in [0, 0.1) is 0 Å². The van der Waals surface area contributed by atoms with Crippen LogP contribution in [0.3, 0.4) is 0 Å². The molecule has 0 aromatic rings. The van der Waals surface area contributed by atoms with Gasteiger partial charge in [-0.2, -0.15) is 0 Å². The number of carbonyl (C=O) groups is 1. The van der Waals surface area contributed by atoms with E-state index >= 15 is 0 Å². The molecule has 0 spiro atoms. The van der Waals surface area contributed by atoms with E-state index in [2.05, 4.69) is 67.7 Å². The van der Waals surface area contributed by atoms with Gasteiger partial charge in [0, 0.05) is 13.0 Å². The number of ether oxygens (including phenoxy) is 6. The lowest BCUT2D eigenvalue weighted by Crippen LogP contribution is -2.61. The topological polar surface area (TPSA) is 214 Å². The van der Waals surface area contributed by atoms with Crippen molar-refractivity contribution in [2.45, 2.75) is 171 Å². The van der Waals surface area contributed by atoms with Crippen molar-refractivity contribution in [2.75, 3.05) is 33.0 Å². The number of aliphatic hydroxyl groups excluding tert-OH is 7. The quantitative estimate of drug-likeness (QED) is 0.0312. The Morgan fingerprint density at radius 1 is 0.596 bits per heavy atom. The van der Waals surface area contributed by atoms with Crippen molar-refractivity contribution >= 4 is 5.97 Å². The maximum absolute atomic E-state index is 12.6. The molecule has 2 heterocycles. The molecule has 2 saturated heterocycles. The van der Waals surface area contributed by atoms with Gasteiger partial charge in [-0.1, -0.05) is 100 Å². The van der Waals surface area contributed by atoms with Crippen LogP contribution < -0.4 is 0 Å². The summed E-state index contributed by atoms with van der Waals surface area (Å²) in [6.45, 7) is 3.28. The van der Waals surface area contributed by atoms with E-state index in [0.717, 1.165) is 77.0 Å². The second-order valence-electron chi connectivity index (χ2n) is 14.4. The number of rotatable bonds is 30. The molecule has 0 bridgehead atoms. The van der Waals surface area contributed by atoms with Crippen LogP contribution in [0.25, 0.3) is 0 Å². The Labute approximate surface area is 339 Å². The largest absolute Gasteiger partial charge is 0.457 e. The standard InChI is InChI=1S/C43H72O14/c1-3-5-7-8-9-10-11-12-13-14-15-16-17-18-19-20-21-22-23-25-27-52-29-32(55-35(45)26-24-6-4-2)30-53-42-41(51)39(49)37(47)34(57-42)31-54-43-40(50)38(48)36(46)33(28-44)56-43/h5,7,9-10,12-13,15-16,18-19,32-34,36-44,46-51H,3-4,6,8,11,14,17,20-31H2,1-2H3/b7-5-,10-9-,13-12-,16-15-,19-18-. The fraction of sp³-hybridized carbons (Fsp3) is 0.744. The van der Waals surface area contributed by atoms with Gasteiger partial charge in [-0.15, -0.1) is 0 Å². The van der Waals surface area contributed by atoms with Crippen LogP contribution in [-0.2, 0) is 33.2 Å². The maximum Gasteiger partial charge on any atom is 0.306 e. The monoisotopic (exact) mass is 812 g/mol. The van der Waals surface area contributed by atoms with Gasteiger partial charge in [0.25, 0.3) is 0 Å². The van der Waals surface area contributed by atoms with Gasteiger partial charge in [0.15, 0.2) is 12.6 Å². The first-order chi connectivity index (χ1) is 27.6. The van der Waals surface area contributed by atoms with Gasteiger partial charge in [-0.25, -0.2) is 0 Å². The predicted octanol–water partition coefficient (Wildman–Crippen LogP) is 3.84. The van der Waals surface area contributed by atoms with Crippen molar-refractivity contribution in [3.8, 4) is 0 Å². The van der Waals surface area contributed by atoms with Crippen LogP contribution >= 0.6 is 0 Å². The molecule has 0 aromatic carbocycles. The van der Waals surface area contributed by atoms with Gasteiger partial charge in [0.05, 0.1) is 26.4 Å². The second kappa shape index (κ2) is 31.6.